The van der Waals surface area contributed by atoms with Gasteiger partial charge >= 0.3 is 0 Å². The van der Waals surface area contributed by atoms with Gasteiger partial charge in [0, 0.05) is 24.0 Å². The van der Waals surface area contributed by atoms with E-state index in [2.05, 4.69) is 5.32 Å². The number of nitrogens with zero attached hydrogens (tertiary/aromatic N) is 2. The molecule has 0 aromatic heterocycles. The van der Waals surface area contributed by atoms with Crippen LogP contribution in [0.1, 0.15) is 48.8 Å². The zero-order valence-electron chi connectivity index (χ0n) is 26.3. The molecule has 5 rings (SSSR count). The van der Waals surface area contributed by atoms with E-state index < -0.39 is 34.3 Å². The fourth-order valence-electron chi connectivity index (χ4n) is 5.88. The fraction of sp³-hybridized carbons (Fsp3) is 0.297. The Morgan fingerprint density at radius 1 is 0.872 bits per heavy atom. The number of carbonyl (C=O) groups is 2. The highest BCUT2D eigenvalue weighted by Gasteiger charge is 2.35. The molecular weight excluding hydrogens is 637 g/mol. The first-order valence-corrected chi connectivity index (χ1v) is 17.6. The van der Waals surface area contributed by atoms with Gasteiger partial charge in [0.15, 0.2) is 0 Å². The molecular formula is C37H39ClFN3O4S. The molecule has 0 saturated heterocycles. The van der Waals surface area contributed by atoms with Crippen LogP contribution in [0.2, 0.25) is 5.02 Å². The second-order valence-electron chi connectivity index (χ2n) is 12.0. The summed E-state index contributed by atoms with van der Waals surface area (Å²) in [6, 6.07) is 26.8. The summed E-state index contributed by atoms with van der Waals surface area (Å²) in [6.45, 7) is 1.22. The molecule has 1 fully saturated rings. The lowest BCUT2D eigenvalue weighted by atomic mass is 9.94. The number of benzene rings is 4. The monoisotopic (exact) mass is 675 g/mol. The molecule has 0 heterocycles. The van der Waals surface area contributed by atoms with Crippen molar-refractivity contribution in [2.24, 2.45) is 0 Å². The van der Waals surface area contributed by atoms with Gasteiger partial charge in [0.2, 0.25) is 11.8 Å². The largest absolute Gasteiger partial charge is 0.352 e. The third kappa shape index (κ3) is 8.99. The number of halogens is 2. The quantitative estimate of drug-likeness (QED) is 0.174. The van der Waals surface area contributed by atoms with Crippen molar-refractivity contribution in [3.05, 3.63) is 131 Å². The van der Waals surface area contributed by atoms with Crippen molar-refractivity contribution in [3.63, 3.8) is 0 Å². The van der Waals surface area contributed by atoms with E-state index in [4.69, 9.17) is 11.6 Å². The van der Waals surface area contributed by atoms with Crippen LogP contribution in [0, 0.1) is 12.7 Å². The van der Waals surface area contributed by atoms with Crippen molar-refractivity contribution >= 4 is 39.1 Å². The van der Waals surface area contributed by atoms with E-state index in [0.717, 1.165) is 47.5 Å². The first-order valence-electron chi connectivity index (χ1n) is 15.8. The first kappa shape index (κ1) is 34.1. The molecule has 10 heteroatoms. The summed E-state index contributed by atoms with van der Waals surface area (Å²) in [5.74, 6) is -1.34. The van der Waals surface area contributed by atoms with Gasteiger partial charge in [0.05, 0.1) is 10.6 Å². The maximum Gasteiger partial charge on any atom is 0.264 e. The zero-order chi connectivity index (χ0) is 33.4. The van der Waals surface area contributed by atoms with Gasteiger partial charge in [-0.3, -0.25) is 13.9 Å². The Bertz CT molecular complexity index is 1760. The highest BCUT2D eigenvalue weighted by Crippen LogP contribution is 2.28. The number of sulfonamides is 1. The van der Waals surface area contributed by atoms with Crippen molar-refractivity contribution in [1.29, 1.82) is 0 Å². The van der Waals surface area contributed by atoms with Gasteiger partial charge in [-0.25, -0.2) is 12.8 Å². The van der Waals surface area contributed by atoms with Crippen LogP contribution in [0.25, 0.3) is 0 Å². The van der Waals surface area contributed by atoms with E-state index in [1.54, 1.807) is 42.5 Å². The minimum Gasteiger partial charge on any atom is -0.352 e. The number of nitrogens with one attached hydrogen (secondary N) is 1. The standard InChI is InChI=1S/C37H39ClFN3O4S/c1-27-15-21-34(22-16-27)47(45,46)42(33-14-8-11-30(38)24-33)26-36(43)41(25-29-17-19-31(39)20-18-29)35(23-28-9-4-2-5-10-28)37(44)40-32-12-6-3-7-13-32/h2,4-5,8-11,14-22,24,32,35H,3,6-7,12-13,23,25-26H2,1H3,(H,40,44). The smallest absolute Gasteiger partial charge is 0.264 e. The molecule has 2 amide bonds. The predicted octanol–water partition coefficient (Wildman–Crippen LogP) is 7.07. The Morgan fingerprint density at radius 3 is 2.21 bits per heavy atom. The SMILES string of the molecule is Cc1ccc(S(=O)(=O)N(CC(=O)N(Cc2ccc(F)cc2)C(Cc2ccccc2)C(=O)NC2CCCCC2)c2cccc(Cl)c2)cc1. The van der Waals surface area contributed by atoms with Crippen LogP contribution in [-0.2, 0) is 32.6 Å². The summed E-state index contributed by atoms with van der Waals surface area (Å²) < 4.78 is 43.2. The Hall–Kier alpha value is -4.21. The van der Waals surface area contributed by atoms with E-state index in [9.17, 15) is 22.4 Å². The van der Waals surface area contributed by atoms with Gasteiger partial charge in [0.1, 0.15) is 18.4 Å². The number of rotatable bonds is 12. The van der Waals surface area contributed by atoms with Crippen molar-refractivity contribution in [2.75, 3.05) is 10.8 Å². The van der Waals surface area contributed by atoms with Crippen LogP contribution < -0.4 is 9.62 Å². The third-order valence-corrected chi connectivity index (χ3v) is 10.5. The lowest BCUT2D eigenvalue weighted by molar-refractivity contribution is -0.140. The summed E-state index contributed by atoms with van der Waals surface area (Å²) >= 11 is 6.30. The van der Waals surface area contributed by atoms with Crippen molar-refractivity contribution in [3.8, 4) is 0 Å². The fourth-order valence-corrected chi connectivity index (χ4v) is 7.47. The lowest BCUT2D eigenvalue weighted by Crippen LogP contribution is -2.55. The maximum absolute atomic E-state index is 14.6. The minimum atomic E-state index is -4.25. The molecule has 1 aliphatic rings. The Kier molecular flexibility index (Phi) is 11.3. The van der Waals surface area contributed by atoms with Crippen LogP contribution in [0.5, 0.6) is 0 Å². The number of amides is 2. The second kappa shape index (κ2) is 15.6. The second-order valence-corrected chi connectivity index (χ2v) is 14.3. The van der Waals surface area contributed by atoms with Gasteiger partial charge in [-0.15, -0.1) is 0 Å². The third-order valence-electron chi connectivity index (χ3n) is 8.47. The number of anilines is 1. The average Bonchev–Trinajstić information content (AvgIpc) is 3.07. The molecule has 246 valence electrons. The van der Waals surface area contributed by atoms with Crippen LogP contribution in [0.3, 0.4) is 0 Å². The highest BCUT2D eigenvalue weighted by molar-refractivity contribution is 7.92. The molecule has 0 aliphatic heterocycles. The lowest BCUT2D eigenvalue weighted by Gasteiger charge is -2.35. The van der Waals surface area contributed by atoms with Gasteiger partial charge in [-0.05, 0) is 73.4 Å². The van der Waals surface area contributed by atoms with E-state index in [1.165, 1.54) is 35.2 Å². The first-order chi connectivity index (χ1) is 22.6. The molecule has 0 radical (unpaired) electrons. The van der Waals surface area contributed by atoms with E-state index in [0.29, 0.717) is 10.6 Å². The number of hydrogen-bond acceptors (Lipinski definition) is 4. The molecule has 4 aromatic carbocycles. The van der Waals surface area contributed by atoms with Gasteiger partial charge in [0.25, 0.3) is 10.0 Å². The summed E-state index contributed by atoms with van der Waals surface area (Å²) in [4.78, 5) is 30.1. The van der Waals surface area contributed by atoms with E-state index >= 15 is 0 Å². The molecule has 1 atom stereocenters. The Morgan fingerprint density at radius 2 is 1.55 bits per heavy atom. The van der Waals surface area contributed by atoms with E-state index in [-0.39, 0.29) is 35.5 Å². The summed E-state index contributed by atoms with van der Waals surface area (Å²) in [5, 5.41) is 3.48. The Balaban J connectivity index is 1.56. The van der Waals surface area contributed by atoms with Gasteiger partial charge in [-0.1, -0.05) is 97.1 Å². The summed E-state index contributed by atoms with van der Waals surface area (Å²) in [6.07, 6.45) is 5.05. The number of aryl methyl sites for hydroxylation is 1. The number of hydrogen-bond donors (Lipinski definition) is 1. The molecule has 1 aliphatic carbocycles. The van der Waals surface area contributed by atoms with Gasteiger partial charge in [-0.2, -0.15) is 0 Å². The Labute approximate surface area is 281 Å². The molecule has 0 bridgehead atoms. The topological polar surface area (TPSA) is 86.8 Å². The zero-order valence-corrected chi connectivity index (χ0v) is 27.9. The van der Waals surface area contributed by atoms with Crippen LogP contribution in [-0.4, -0.2) is 43.8 Å². The molecule has 0 spiro atoms. The average molecular weight is 676 g/mol. The highest BCUT2D eigenvalue weighted by atomic mass is 35.5. The van der Waals surface area contributed by atoms with E-state index in [1.807, 2.05) is 37.3 Å². The van der Waals surface area contributed by atoms with Crippen LogP contribution in [0.15, 0.2) is 108 Å². The van der Waals surface area contributed by atoms with Crippen LogP contribution in [0.4, 0.5) is 10.1 Å². The molecule has 47 heavy (non-hydrogen) atoms. The summed E-state index contributed by atoms with van der Waals surface area (Å²) in [7, 11) is -4.25. The van der Waals surface area contributed by atoms with Crippen LogP contribution >= 0.6 is 11.6 Å². The summed E-state index contributed by atoms with van der Waals surface area (Å²) in [5.41, 5.74) is 2.53. The molecule has 1 unspecified atom stereocenters. The van der Waals surface area contributed by atoms with Crippen molar-refractivity contribution in [1.82, 2.24) is 10.2 Å². The maximum atomic E-state index is 14.6. The van der Waals surface area contributed by atoms with Crippen molar-refractivity contribution < 1.29 is 22.4 Å². The molecule has 4 aromatic rings. The molecule has 7 nitrogen and oxygen atoms in total. The van der Waals surface area contributed by atoms with Gasteiger partial charge < -0.3 is 10.2 Å². The normalized spacial score (nSPS) is 14.3. The molecule has 1 saturated carbocycles. The molecule has 1 N–H and O–H groups in total. The minimum absolute atomic E-state index is 0.0110. The number of carbonyl (C=O) groups excluding carboxylic acids is 2. The predicted molar refractivity (Wildman–Crippen MR) is 183 cm³/mol. The van der Waals surface area contributed by atoms with Crippen molar-refractivity contribution in [2.45, 2.75) is 69.0 Å².